The van der Waals surface area contributed by atoms with E-state index in [0.29, 0.717) is 24.7 Å². The van der Waals surface area contributed by atoms with Gasteiger partial charge in [-0.05, 0) is 12.8 Å². The zero-order valence-corrected chi connectivity index (χ0v) is 9.95. The third-order valence-corrected chi connectivity index (χ3v) is 2.96. The van der Waals surface area contributed by atoms with Gasteiger partial charge in [-0.25, -0.2) is 0 Å². The molecule has 0 aliphatic carbocycles. The van der Waals surface area contributed by atoms with Crippen molar-refractivity contribution in [3.63, 3.8) is 0 Å². The summed E-state index contributed by atoms with van der Waals surface area (Å²) in [7, 11) is 0. The van der Waals surface area contributed by atoms with E-state index in [9.17, 15) is 0 Å². The van der Waals surface area contributed by atoms with E-state index in [2.05, 4.69) is 15.2 Å². The first-order valence-electron chi connectivity index (χ1n) is 5.99. The summed E-state index contributed by atoms with van der Waals surface area (Å²) >= 11 is 0. The second kappa shape index (κ2) is 4.77. The van der Waals surface area contributed by atoms with E-state index in [-0.39, 0.29) is 5.92 Å². The van der Waals surface area contributed by atoms with E-state index in [0.717, 1.165) is 25.3 Å². The first-order chi connectivity index (χ1) is 8.81. The van der Waals surface area contributed by atoms with Gasteiger partial charge in [-0.15, -0.1) is 0 Å². The van der Waals surface area contributed by atoms with Crippen molar-refractivity contribution in [1.82, 2.24) is 19.9 Å². The van der Waals surface area contributed by atoms with Gasteiger partial charge in [-0.1, -0.05) is 5.16 Å². The van der Waals surface area contributed by atoms with Crippen molar-refractivity contribution in [3.8, 4) is 0 Å². The van der Waals surface area contributed by atoms with Crippen LogP contribution in [0.25, 0.3) is 0 Å². The molecule has 0 bridgehead atoms. The molecule has 7 heteroatoms. The quantitative estimate of drug-likeness (QED) is 0.864. The second-order valence-corrected chi connectivity index (χ2v) is 4.43. The Morgan fingerprint density at radius 3 is 3.17 bits per heavy atom. The number of ether oxygens (including phenoxy) is 1. The van der Waals surface area contributed by atoms with Crippen LogP contribution >= 0.6 is 0 Å². The van der Waals surface area contributed by atoms with Gasteiger partial charge in [0.05, 0.1) is 18.5 Å². The predicted molar refractivity (Wildman–Crippen MR) is 62.8 cm³/mol. The van der Waals surface area contributed by atoms with Crippen molar-refractivity contribution in [2.75, 3.05) is 18.9 Å². The lowest BCUT2D eigenvalue weighted by Crippen LogP contribution is -2.16. The van der Waals surface area contributed by atoms with Gasteiger partial charge in [0.25, 0.3) is 0 Å². The molecule has 18 heavy (non-hydrogen) atoms. The van der Waals surface area contributed by atoms with Gasteiger partial charge in [-0.3, -0.25) is 4.68 Å². The molecule has 96 valence electrons. The molecule has 7 nitrogen and oxygen atoms in total. The molecule has 0 amide bonds. The lowest BCUT2D eigenvalue weighted by molar-refractivity contribution is 0.0773. The molecule has 1 saturated heterocycles. The highest BCUT2D eigenvalue weighted by Gasteiger charge is 2.21. The van der Waals surface area contributed by atoms with Crippen molar-refractivity contribution < 1.29 is 9.26 Å². The number of anilines is 1. The summed E-state index contributed by atoms with van der Waals surface area (Å²) in [6, 6.07) is 0. The number of nitrogen functional groups attached to an aromatic ring is 1. The Hall–Kier alpha value is -1.89. The van der Waals surface area contributed by atoms with Gasteiger partial charge >= 0.3 is 0 Å². The fourth-order valence-corrected chi connectivity index (χ4v) is 2.05. The van der Waals surface area contributed by atoms with Crippen LogP contribution in [-0.4, -0.2) is 33.1 Å². The molecular formula is C11H15N5O2. The van der Waals surface area contributed by atoms with Crippen LogP contribution < -0.4 is 5.73 Å². The lowest BCUT2D eigenvalue weighted by Gasteiger charge is -2.18. The SMILES string of the molecule is Nc1cnn(Cc2nc(C3CCCOC3)no2)c1. The van der Waals surface area contributed by atoms with E-state index >= 15 is 0 Å². The fraction of sp³-hybridized carbons (Fsp3) is 0.545. The Morgan fingerprint density at radius 2 is 2.44 bits per heavy atom. The molecule has 1 unspecified atom stereocenters. The van der Waals surface area contributed by atoms with E-state index < -0.39 is 0 Å². The summed E-state index contributed by atoms with van der Waals surface area (Å²) in [6.45, 7) is 1.94. The number of nitrogens with zero attached hydrogens (tertiary/aromatic N) is 4. The minimum atomic E-state index is 0.249. The van der Waals surface area contributed by atoms with Crippen LogP contribution in [-0.2, 0) is 11.3 Å². The average Bonchev–Trinajstić information content (AvgIpc) is 3.01. The molecule has 0 radical (unpaired) electrons. The van der Waals surface area contributed by atoms with Gasteiger partial charge in [0.2, 0.25) is 5.89 Å². The maximum Gasteiger partial charge on any atom is 0.248 e. The normalized spacial score (nSPS) is 20.1. The van der Waals surface area contributed by atoms with Crippen LogP contribution in [0, 0.1) is 0 Å². The first-order valence-corrected chi connectivity index (χ1v) is 5.99. The van der Waals surface area contributed by atoms with E-state index in [1.165, 1.54) is 0 Å². The molecule has 1 fully saturated rings. The number of hydrogen-bond donors (Lipinski definition) is 1. The Labute approximate surface area is 104 Å². The minimum absolute atomic E-state index is 0.249. The van der Waals surface area contributed by atoms with Gasteiger partial charge in [0, 0.05) is 18.7 Å². The van der Waals surface area contributed by atoms with Crippen molar-refractivity contribution >= 4 is 5.69 Å². The molecule has 0 saturated carbocycles. The molecule has 1 atom stereocenters. The summed E-state index contributed by atoms with van der Waals surface area (Å²) in [5, 5.41) is 8.08. The molecule has 2 aromatic rings. The van der Waals surface area contributed by atoms with Crippen molar-refractivity contribution in [2.24, 2.45) is 0 Å². The lowest BCUT2D eigenvalue weighted by atomic mass is 10.0. The predicted octanol–water partition coefficient (Wildman–Crippen LogP) is 0.791. The Kier molecular flexibility index (Phi) is 2.97. The third-order valence-electron chi connectivity index (χ3n) is 2.96. The Balaban J connectivity index is 1.69. The van der Waals surface area contributed by atoms with Crippen molar-refractivity contribution in [1.29, 1.82) is 0 Å². The highest BCUT2D eigenvalue weighted by atomic mass is 16.5. The fourth-order valence-electron chi connectivity index (χ4n) is 2.05. The Morgan fingerprint density at radius 1 is 1.50 bits per heavy atom. The maximum atomic E-state index is 5.59. The van der Waals surface area contributed by atoms with Gasteiger partial charge in [-0.2, -0.15) is 10.1 Å². The van der Waals surface area contributed by atoms with Crippen LogP contribution in [0.15, 0.2) is 16.9 Å². The number of rotatable bonds is 3. The Bertz CT molecular complexity index is 515. The van der Waals surface area contributed by atoms with Gasteiger partial charge in [0.1, 0.15) is 6.54 Å². The molecule has 0 aromatic carbocycles. The molecule has 3 heterocycles. The average molecular weight is 249 g/mol. The molecule has 2 N–H and O–H groups in total. The first kappa shape index (κ1) is 11.2. The van der Waals surface area contributed by atoms with E-state index in [1.54, 1.807) is 17.1 Å². The smallest absolute Gasteiger partial charge is 0.248 e. The highest BCUT2D eigenvalue weighted by Crippen LogP contribution is 2.22. The van der Waals surface area contributed by atoms with Crippen LogP contribution in [0.3, 0.4) is 0 Å². The summed E-state index contributed by atoms with van der Waals surface area (Å²) in [5.41, 5.74) is 6.21. The van der Waals surface area contributed by atoms with Gasteiger partial charge in [0.15, 0.2) is 5.82 Å². The molecule has 0 spiro atoms. The monoisotopic (exact) mass is 249 g/mol. The summed E-state index contributed by atoms with van der Waals surface area (Å²) in [4.78, 5) is 4.38. The maximum absolute atomic E-state index is 5.59. The second-order valence-electron chi connectivity index (χ2n) is 4.43. The van der Waals surface area contributed by atoms with Crippen molar-refractivity contribution in [3.05, 3.63) is 24.1 Å². The molecule has 1 aliphatic heterocycles. The zero-order chi connectivity index (χ0) is 12.4. The number of nitrogens with two attached hydrogens (primary N) is 1. The zero-order valence-electron chi connectivity index (χ0n) is 9.95. The van der Waals surface area contributed by atoms with E-state index in [1.807, 2.05) is 0 Å². The molecular weight excluding hydrogens is 234 g/mol. The van der Waals surface area contributed by atoms with Crippen LogP contribution in [0.4, 0.5) is 5.69 Å². The largest absolute Gasteiger partial charge is 0.396 e. The summed E-state index contributed by atoms with van der Waals surface area (Å²) in [6.07, 6.45) is 5.41. The van der Waals surface area contributed by atoms with Crippen LogP contribution in [0.1, 0.15) is 30.5 Å². The van der Waals surface area contributed by atoms with Crippen LogP contribution in [0.2, 0.25) is 0 Å². The van der Waals surface area contributed by atoms with Crippen LogP contribution in [0.5, 0.6) is 0 Å². The van der Waals surface area contributed by atoms with E-state index in [4.69, 9.17) is 15.0 Å². The standard InChI is InChI=1S/C11H15N5O2/c12-9-4-13-16(5-9)6-10-14-11(15-18-10)8-2-1-3-17-7-8/h4-5,8H,1-3,6-7,12H2. The number of hydrogen-bond acceptors (Lipinski definition) is 6. The third kappa shape index (κ3) is 2.35. The van der Waals surface area contributed by atoms with Gasteiger partial charge < -0.3 is 15.0 Å². The molecule has 2 aromatic heterocycles. The minimum Gasteiger partial charge on any atom is -0.396 e. The van der Waals surface area contributed by atoms with Crippen molar-refractivity contribution in [2.45, 2.75) is 25.3 Å². The topological polar surface area (TPSA) is 92.0 Å². The summed E-state index contributed by atoms with van der Waals surface area (Å²) in [5.74, 6) is 1.52. The summed E-state index contributed by atoms with van der Waals surface area (Å²) < 4.78 is 12.3. The number of aromatic nitrogens is 4. The highest BCUT2D eigenvalue weighted by molar-refractivity contribution is 5.30. The molecule has 1 aliphatic rings. The molecule has 3 rings (SSSR count).